The number of hydrogen-bond donors (Lipinski definition) is 1. The number of sulfonamides is 1. The first-order chi connectivity index (χ1) is 9.37. The second kappa shape index (κ2) is 6.42. The van der Waals surface area contributed by atoms with Gasteiger partial charge in [0.05, 0.1) is 11.6 Å². The summed E-state index contributed by atoms with van der Waals surface area (Å²) in [4.78, 5) is 0.00590. The van der Waals surface area contributed by atoms with Crippen LogP contribution in [0.15, 0.2) is 17.0 Å². The van der Waals surface area contributed by atoms with Gasteiger partial charge in [-0.25, -0.2) is 8.42 Å². The van der Waals surface area contributed by atoms with E-state index >= 15 is 0 Å². The summed E-state index contributed by atoms with van der Waals surface area (Å²) in [6.07, 6.45) is 0. The van der Waals surface area contributed by atoms with E-state index in [1.165, 1.54) is 16.4 Å². The number of halogens is 2. The molecule has 1 aliphatic rings. The van der Waals surface area contributed by atoms with E-state index in [9.17, 15) is 13.5 Å². The van der Waals surface area contributed by atoms with Gasteiger partial charge in [-0.15, -0.1) is 0 Å². The Morgan fingerprint density at radius 2 is 2.10 bits per heavy atom. The number of nitrogens with zero attached hydrogens (tertiary/aromatic N) is 1. The third-order valence-electron chi connectivity index (χ3n) is 3.16. The van der Waals surface area contributed by atoms with Crippen LogP contribution in [0.5, 0.6) is 0 Å². The third kappa shape index (κ3) is 3.10. The lowest BCUT2D eigenvalue weighted by Crippen LogP contribution is -2.44. The summed E-state index contributed by atoms with van der Waals surface area (Å²) in [7, 11) is -3.67. The molecule has 2 rings (SSSR count). The molecule has 0 saturated carbocycles. The first-order valence-corrected chi connectivity index (χ1v) is 9.41. The molecule has 0 aliphatic carbocycles. The van der Waals surface area contributed by atoms with Gasteiger partial charge in [0, 0.05) is 29.1 Å². The van der Waals surface area contributed by atoms with Crippen molar-refractivity contribution in [3.8, 4) is 0 Å². The largest absolute Gasteiger partial charge is 0.392 e. The van der Waals surface area contributed by atoms with Crippen LogP contribution in [-0.4, -0.2) is 41.9 Å². The number of thioether (sulfide) groups is 1. The van der Waals surface area contributed by atoms with Crippen molar-refractivity contribution in [2.75, 3.05) is 18.1 Å². The average molecular weight is 356 g/mol. The predicted octanol–water partition coefficient (Wildman–Crippen LogP) is 2.61. The van der Waals surface area contributed by atoms with Crippen LogP contribution in [0, 0.1) is 0 Å². The number of aliphatic hydroxyl groups is 1. The lowest BCUT2D eigenvalue weighted by atomic mass is 10.2. The van der Waals surface area contributed by atoms with E-state index in [4.69, 9.17) is 23.2 Å². The summed E-state index contributed by atoms with van der Waals surface area (Å²) >= 11 is 13.7. The van der Waals surface area contributed by atoms with Crippen molar-refractivity contribution >= 4 is 45.0 Å². The zero-order valence-electron chi connectivity index (χ0n) is 10.8. The fraction of sp³-hybridized carbons (Fsp3) is 0.500. The van der Waals surface area contributed by atoms with E-state index in [0.717, 1.165) is 11.5 Å². The molecule has 0 spiro atoms. The molecule has 0 aromatic heterocycles. The molecule has 112 valence electrons. The highest BCUT2D eigenvalue weighted by Gasteiger charge is 2.33. The maximum Gasteiger partial charge on any atom is 0.244 e. The van der Waals surface area contributed by atoms with E-state index in [-0.39, 0.29) is 27.6 Å². The highest BCUT2D eigenvalue weighted by molar-refractivity contribution is 7.99. The van der Waals surface area contributed by atoms with E-state index in [0.29, 0.717) is 12.1 Å². The monoisotopic (exact) mass is 355 g/mol. The number of aliphatic hydroxyl groups excluding tert-OH is 1. The molecule has 1 atom stereocenters. The minimum absolute atomic E-state index is 0.00590. The molecular weight excluding hydrogens is 341 g/mol. The summed E-state index contributed by atoms with van der Waals surface area (Å²) in [5, 5.41) is 9.57. The highest BCUT2D eigenvalue weighted by Crippen LogP contribution is 2.32. The summed E-state index contributed by atoms with van der Waals surface area (Å²) in [5.41, 5.74) is 0.355. The minimum Gasteiger partial charge on any atom is -0.392 e. The first kappa shape index (κ1) is 16.4. The van der Waals surface area contributed by atoms with Gasteiger partial charge in [-0.3, -0.25) is 0 Å². The zero-order chi connectivity index (χ0) is 14.9. The Hall–Kier alpha value is 0.0200. The second-order valence-corrected chi connectivity index (χ2v) is 8.40. The second-order valence-electron chi connectivity index (χ2n) is 4.57. The number of benzene rings is 1. The van der Waals surface area contributed by atoms with Crippen LogP contribution in [0.1, 0.15) is 12.5 Å². The van der Waals surface area contributed by atoms with Crippen molar-refractivity contribution in [2.24, 2.45) is 0 Å². The lowest BCUT2D eigenvalue weighted by molar-refractivity contribution is 0.281. The quantitative estimate of drug-likeness (QED) is 0.905. The fourth-order valence-corrected chi connectivity index (χ4v) is 5.77. The molecule has 0 radical (unpaired) electrons. The number of hydrogen-bond acceptors (Lipinski definition) is 4. The molecule has 1 heterocycles. The van der Waals surface area contributed by atoms with Crippen molar-refractivity contribution in [1.82, 2.24) is 4.31 Å². The Kier molecular flexibility index (Phi) is 5.26. The normalized spacial score (nSPS) is 21.1. The molecule has 0 amide bonds. The van der Waals surface area contributed by atoms with Crippen molar-refractivity contribution in [3.05, 3.63) is 27.7 Å². The molecule has 1 N–H and O–H groups in total. The van der Waals surface area contributed by atoms with Crippen molar-refractivity contribution in [2.45, 2.75) is 24.5 Å². The molecular formula is C12H15Cl2NO3S2. The standard InChI is InChI=1S/C12H15Cl2NO3S2/c1-8-7-19-3-2-15(8)20(17,18)12-4-9(6-16)10(13)5-11(12)14/h4-5,8,16H,2-3,6-7H2,1H3. The van der Waals surface area contributed by atoms with E-state index in [2.05, 4.69) is 0 Å². The van der Waals surface area contributed by atoms with Crippen molar-refractivity contribution < 1.29 is 13.5 Å². The maximum atomic E-state index is 12.7. The fourth-order valence-electron chi connectivity index (χ4n) is 2.09. The van der Waals surface area contributed by atoms with Crippen LogP contribution in [0.2, 0.25) is 10.0 Å². The van der Waals surface area contributed by atoms with E-state index in [1.807, 2.05) is 6.92 Å². The molecule has 0 bridgehead atoms. The summed E-state index contributed by atoms with van der Waals surface area (Å²) in [5.74, 6) is 1.53. The van der Waals surface area contributed by atoms with Gasteiger partial charge in [0.2, 0.25) is 10.0 Å². The summed E-state index contributed by atoms with van der Waals surface area (Å²) in [6, 6.07) is 2.64. The van der Waals surface area contributed by atoms with Crippen LogP contribution in [-0.2, 0) is 16.6 Å². The lowest BCUT2D eigenvalue weighted by Gasteiger charge is -2.32. The van der Waals surface area contributed by atoms with E-state index < -0.39 is 10.0 Å². The minimum atomic E-state index is -3.67. The van der Waals surface area contributed by atoms with Gasteiger partial charge in [-0.1, -0.05) is 23.2 Å². The highest BCUT2D eigenvalue weighted by atomic mass is 35.5. The van der Waals surface area contributed by atoms with E-state index in [1.54, 1.807) is 11.8 Å². The summed E-state index contributed by atoms with van der Waals surface area (Å²) in [6.45, 7) is 2.01. The molecule has 20 heavy (non-hydrogen) atoms. The maximum absolute atomic E-state index is 12.7. The number of rotatable bonds is 3. The SMILES string of the molecule is CC1CSCCN1S(=O)(=O)c1cc(CO)c(Cl)cc1Cl. The van der Waals surface area contributed by atoms with Crippen LogP contribution < -0.4 is 0 Å². The van der Waals surface area contributed by atoms with Crippen molar-refractivity contribution in [1.29, 1.82) is 0 Å². The smallest absolute Gasteiger partial charge is 0.244 e. The predicted molar refractivity (Wildman–Crippen MR) is 83.1 cm³/mol. The van der Waals surface area contributed by atoms with Crippen LogP contribution in [0.3, 0.4) is 0 Å². The van der Waals surface area contributed by atoms with Gasteiger partial charge in [-0.2, -0.15) is 16.1 Å². The van der Waals surface area contributed by atoms with Gasteiger partial charge >= 0.3 is 0 Å². The molecule has 1 aliphatic heterocycles. The van der Waals surface area contributed by atoms with Crippen molar-refractivity contribution in [3.63, 3.8) is 0 Å². The van der Waals surface area contributed by atoms with Gasteiger partial charge in [0.25, 0.3) is 0 Å². The Morgan fingerprint density at radius 1 is 1.40 bits per heavy atom. The molecule has 4 nitrogen and oxygen atoms in total. The van der Waals surface area contributed by atoms with Crippen LogP contribution in [0.4, 0.5) is 0 Å². The Bertz CT molecular complexity index is 607. The van der Waals surface area contributed by atoms with Gasteiger partial charge in [0.1, 0.15) is 4.90 Å². The van der Waals surface area contributed by atoms with Gasteiger partial charge < -0.3 is 5.11 Å². The van der Waals surface area contributed by atoms with Crippen LogP contribution >= 0.6 is 35.0 Å². The molecule has 1 unspecified atom stereocenters. The Morgan fingerprint density at radius 3 is 2.70 bits per heavy atom. The van der Waals surface area contributed by atoms with Gasteiger partial charge in [-0.05, 0) is 24.6 Å². The molecule has 1 fully saturated rings. The Labute approximate surface area is 133 Å². The molecule has 1 saturated heterocycles. The summed E-state index contributed by atoms with van der Waals surface area (Å²) < 4.78 is 26.9. The van der Waals surface area contributed by atoms with Crippen LogP contribution in [0.25, 0.3) is 0 Å². The Balaban J connectivity index is 2.48. The topological polar surface area (TPSA) is 57.6 Å². The average Bonchev–Trinajstić information content (AvgIpc) is 2.38. The third-order valence-corrected chi connectivity index (χ3v) is 7.18. The first-order valence-electron chi connectivity index (χ1n) is 6.06. The zero-order valence-corrected chi connectivity index (χ0v) is 14.0. The molecule has 8 heteroatoms. The van der Waals surface area contributed by atoms with Gasteiger partial charge in [0.15, 0.2) is 0 Å². The molecule has 1 aromatic carbocycles. The molecule has 1 aromatic rings.